The van der Waals surface area contributed by atoms with Crippen molar-refractivity contribution in [3.63, 3.8) is 0 Å². The molecular weight excluding hydrogens is 468 g/mol. The smallest absolute Gasteiger partial charge is 0.351 e. The summed E-state index contributed by atoms with van der Waals surface area (Å²) >= 11 is 0. The first-order valence-electron chi connectivity index (χ1n) is 12.2. The van der Waals surface area contributed by atoms with Crippen LogP contribution in [0.1, 0.15) is 47.5 Å². The number of carbonyl (C=O) groups excluding carboxylic acids is 2. The van der Waals surface area contributed by atoms with Gasteiger partial charge in [-0.2, -0.15) is 5.10 Å². The number of fused-ring (bicyclic) bond motifs is 1. The van der Waals surface area contributed by atoms with Crippen molar-refractivity contribution in [3.8, 4) is 28.1 Å². The van der Waals surface area contributed by atoms with Gasteiger partial charge in [-0.05, 0) is 41.3 Å². The Kier molecular flexibility index (Phi) is 6.72. The SMILES string of the molecule is COC(=O)C(Oc1ccc(-c2c(-c3ccncc3)nn3c2C(=O)NCC3)cc1)c1ccc(C(C)C)cc1. The number of benzene rings is 2. The fourth-order valence-corrected chi connectivity index (χ4v) is 4.45. The maximum Gasteiger partial charge on any atom is 0.351 e. The molecule has 1 unspecified atom stereocenters. The number of hydrogen-bond donors (Lipinski definition) is 1. The number of ether oxygens (including phenoxy) is 2. The normalized spacial score (nSPS) is 13.6. The summed E-state index contributed by atoms with van der Waals surface area (Å²) in [6, 6.07) is 18.8. The Balaban J connectivity index is 1.48. The van der Waals surface area contributed by atoms with E-state index in [4.69, 9.17) is 14.6 Å². The summed E-state index contributed by atoms with van der Waals surface area (Å²) in [5.74, 6) is 0.240. The summed E-state index contributed by atoms with van der Waals surface area (Å²) in [6.07, 6.45) is 2.50. The molecule has 0 aliphatic carbocycles. The molecule has 0 spiro atoms. The van der Waals surface area contributed by atoms with Crippen molar-refractivity contribution in [2.45, 2.75) is 32.4 Å². The van der Waals surface area contributed by atoms with Crippen LogP contribution in [0.5, 0.6) is 5.75 Å². The van der Waals surface area contributed by atoms with Crippen LogP contribution in [-0.2, 0) is 16.1 Å². The van der Waals surface area contributed by atoms with Crippen molar-refractivity contribution in [2.24, 2.45) is 0 Å². The molecule has 4 aromatic rings. The highest BCUT2D eigenvalue weighted by molar-refractivity contribution is 6.03. The van der Waals surface area contributed by atoms with Gasteiger partial charge in [0.15, 0.2) is 0 Å². The molecular formula is C29H28N4O4. The summed E-state index contributed by atoms with van der Waals surface area (Å²) < 4.78 is 12.9. The molecule has 1 aliphatic heterocycles. The zero-order chi connectivity index (χ0) is 25.9. The molecule has 0 saturated carbocycles. The lowest BCUT2D eigenvalue weighted by Gasteiger charge is -2.19. The zero-order valence-corrected chi connectivity index (χ0v) is 21.0. The lowest BCUT2D eigenvalue weighted by atomic mass is 9.98. The molecule has 8 nitrogen and oxygen atoms in total. The minimum atomic E-state index is -0.904. The molecule has 0 bridgehead atoms. The maximum absolute atomic E-state index is 12.8. The molecule has 2 aromatic heterocycles. The van der Waals surface area contributed by atoms with E-state index in [1.807, 2.05) is 48.5 Å². The van der Waals surface area contributed by atoms with Crippen molar-refractivity contribution in [3.05, 3.63) is 89.9 Å². The van der Waals surface area contributed by atoms with Crippen molar-refractivity contribution in [1.29, 1.82) is 0 Å². The van der Waals surface area contributed by atoms with Crippen LogP contribution in [0.25, 0.3) is 22.4 Å². The number of pyridine rings is 1. The molecule has 1 aliphatic rings. The molecule has 1 atom stereocenters. The van der Waals surface area contributed by atoms with Crippen LogP contribution in [0, 0.1) is 0 Å². The molecule has 188 valence electrons. The lowest BCUT2D eigenvalue weighted by Crippen LogP contribution is -2.35. The summed E-state index contributed by atoms with van der Waals surface area (Å²) in [7, 11) is 1.35. The van der Waals surface area contributed by atoms with Crippen LogP contribution in [0.4, 0.5) is 0 Å². The van der Waals surface area contributed by atoms with Gasteiger partial charge in [0.25, 0.3) is 5.91 Å². The van der Waals surface area contributed by atoms with E-state index >= 15 is 0 Å². The van der Waals surface area contributed by atoms with Crippen LogP contribution in [-0.4, -0.2) is 40.3 Å². The largest absolute Gasteiger partial charge is 0.474 e. The second-order valence-electron chi connectivity index (χ2n) is 9.15. The van der Waals surface area contributed by atoms with Crippen LogP contribution in [0.3, 0.4) is 0 Å². The van der Waals surface area contributed by atoms with Crippen LogP contribution >= 0.6 is 0 Å². The monoisotopic (exact) mass is 496 g/mol. The number of nitrogens with zero attached hydrogens (tertiary/aromatic N) is 3. The summed E-state index contributed by atoms with van der Waals surface area (Å²) in [6.45, 7) is 5.36. The van der Waals surface area contributed by atoms with E-state index in [9.17, 15) is 9.59 Å². The number of esters is 1. The summed E-state index contributed by atoms with van der Waals surface area (Å²) in [4.78, 5) is 29.5. The molecule has 2 aromatic carbocycles. The second kappa shape index (κ2) is 10.3. The maximum atomic E-state index is 12.8. The zero-order valence-electron chi connectivity index (χ0n) is 21.0. The molecule has 5 rings (SSSR count). The number of rotatable bonds is 7. The highest BCUT2D eigenvalue weighted by atomic mass is 16.6. The minimum Gasteiger partial charge on any atom is -0.474 e. The van der Waals surface area contributed by atoms with Gasteiger partial charge in [-0.1, -0.05) is 50.2 Å². The quantitative estimate of drug-likeness (QED) is 0.370. The lowest BCUT2D eigenvalue weighted by molar-refractivity contribution is -0.149. The van der Waals surface area contributed by atoms with Gasteiger partial charge in [0.05, 0.1) is 13.7 Å². The third-order valence-corrected chi connectivity index (χ3v) is 6.45. The van der Waals surface area contributed by atoms with Crippen LogP contribution in [0.2, 0.25) is 0 Å². The fourth-order valence-electron chi connectivity index (χ4n) is 4.45. The van der Waals surface area contributed by atoms with Gasteiger partial charge in [0.1, 0.15) is 17.1 Å². The van der Waals surface area contributed by atoms with Gasteiger partial charge in [0.2, 0.25) is 6.10 Å². The molecule has 0 radical (unpaired) electrons. The van der Waals surface area contributed by atoms with Gasteiger partial charge >= 0.3 is 5.97 Å². The van der Waals surface area contributed by atoms with Gasteiger partial charge in [-0.25, -0.2) is 4.79 Å². The van der Waals surface area contributed by atoms with E-state index in [2.05, 4.69) is 24.1 Å². The predicted molar refractivity (Wildman–Crippen MR) is 139 cm³/mol. The van der Waals surface area contributed by atoms with Gasteiger partial charge in [-0.15, -0.1) is 0 Å². The van der Waals surface area contributed by atoms with Crippen LogP contribution in [0.15, 0.2) is 73.1 Å². The van der Waals surface area contributed by atoms with Crippen molar-refractivity contribution in [2.75, 3.05) is 13.7 Å². The Morgan fingerprint density at radius 3 is 2.27 bits per heavy atom. The number of aromatic nitrogens is 3. The van der Waals surface area contributed by atoms with Gasteiger partial charge < -0.3 is 14.8 Å². The van der Waals surface area contributed by atoms with Gasteiger partial charge in [-0.3, -0.25) is 14.5 Å². The van der Waals surface area contributed by atoms with E-state index in [1.165, 1.54) is 12.7 Å². The minimum absolute atomic E-state index is 0.162. The third kappa shape index (κ3) is 4.82. The number of carbonyl (C=O) groups is 2. The molecule has 0 saturated heterocycles. The van der Waals surface area contributed by atoms with E-state index in [0.717, 1.165) is 16.7 Å². The van der Waals surface area contributed by atoms with E-state index in [0.29, 0.717) is 41.7 Å². The molecule has 1 N–H and O–H groups in total. The first-order valence-corrected chi connectivity index (χ1v) is 12.2. The molecule has 37 heavy (non-hydrogen) atoms. The predicted octanol–water partition coefficient (Wildman–Crippen LogP) is 4.77. The number of methoxy groups -OCH3 is 1. The number of hydrogen-bond acceptors (Lipinski definition) is 6. The van der Waals surface area contributed by atoms with Gasteiger partial charge in [0, 0.05) is 35.6 Å². The first-order chi connectivity index (χ1) is 18.0. The Bertz CT molecular complexity index is 1410. The standard InChI is InChI=1S/C29H28N4O4/c1-18(2)19-4-6-22(7-5-19)27(29(35)36-3)37-23-10-8-20(9-11-23)24-25(21-12-14-30-15-13-21)32-33-17-16-31-28(34)26(24)33/h4-15,18,27H,16-17H2,1-3H3,(H,31,34). The summed E-state index contributed by atoms with van der Waals surface area (Å²) in [5, 5.41) is 7.66. The Morgan fingerprint density at radius 2 is 1.62 bits per heavy atom. The van der Waals surface area contributed by atoms with E-state index in [-0.39, 0.29) is 5.91 Å². The second-order valence-corrected chi connectivity index (χ2v) is 9.15. The summed E-state index contributed by atoms with van der Waals surface area (Å²) in [5.41, 5.74) is 5.54. The van der Waals surface area contributed by atoms with Crippen molar-refractivity contribution < 1.29 is 19.1 Å². The Hall–Kier alpha value is -4.46. The third-order valence-electron chi connectivity index (χ3n) is 6.45. The molecule has 8 heteroatoms. The molecule has 0 fully saturated rings. The van der Waals surface area contributed by atoms with Crippen LogP contribution < -0.4 is 10.1 Å². The average molecular weight is 497 g/mol. The highest BCUT2D eigenvalue weighted by Crippen LogP contribution is 2.36. The highest BCUT2D eigenvalue weighted by Gasteiger charge is 2.28. The fraction of sp³-hybridized carbons (Fsp3) is 0.241. The first kappa shape index (κ1) is 24.2. The average Bonchev–Trinajstić information content (AvgIpc) is 3.33. The van der Waals surface area contributed by atoms with E-state index in [1.54, 1.807) is 29.2 Å². The van der Waals surface area contributed by atoms with Crippen molar-refractivity contribution >= 4 is 11.9 Å². The topological polar surface area (TPSA) is 95.3 Å². The Labute approximate surface area is 215 Å². The molecule has 3 heterocycles. The Morgan fingerprint density at radius 1 is 0.946 bits per heavy atom. The number of nitrogens with one attached hydrogen (secondary N) is 1. The number of amides is 1. The van der Waals surface area contributed by atoms with Crippen molar-refractivity contribution in [1.82, 2.24) is 20.1 Å². The van der Waals surface area contributed by atoms with E-state index < -0.39 is 12.1 Å². The molecule has 1 amide bonds.